The van der Waals surface area contributed by atoms with Crippen LogP contribution in [0, 0.1) is 11.8 Å². The first-order chi connectivity index (χ1) is 9.16. The van der Waals surface area contributed by atoms with Crippen LogP contribution in [-0.4, -0.2) is 23.4 Å². The SMILES string of the molecule is CCOC1(C(O)CC2CCCCC2)CCCC(C)C1. The molecule has 2 saturated carbocycles. The van der Waals surface area contributed by atoms with Crippen molar-refractivity contribution in [2.45, 2.75) is 89.8 Å². The Morgan fingerprint density at radius 2 is 1.89 bits per heavy atom. The Hall–Kier alpha value is -0.0800. The molecule has 0 aromatic heterocycles. The maximum absolute atomic E-state index is 10.8. The second kappa shape index (κ2) is 7.08. The van der Waals surface area contributed by atoms with Crippen LogP contribution in [0.15, 0.2) is 0 Å². The molecule has 2 rings (SSSR count). The Labute approximate surface area is 118 Å². The molecule has 0 aromatic carbocycles. The first-order valence-electron chi connectivity index (χ1n) is 8.48. The lowest BCUT2D eigenvalue weighted by Crippen LogP contribution is -2.49. The van der Waals surface area contributed by atoms with Crippen LogP contribution in [-0.2, 0) is 4.74 Å². The Bertz CT molecular complexity index is 256. The minimum Gasteiger partial charge on any atom is -0.390 e. The molecule has 0 aliphatic heterocycles. The molecule has 0 bridgehead atoms. The molecular weight excluding hydrogens is 236 g/mol. The van der Waals surface area contributed by atoms with Gasteiger partial charge in [0.15, 0.2) is 0 Å². The zero-order chi connectivity index (χ0) is 13.7. The summed E-state index contributed by atoms with van der Waals surface area (Å²) in [5.41, 5.74) is -0.232. The predicted molar refractivity (Wildman–Crippen MR) is 79.2 cm³/mol. The molecule has 2 aliphatic carbocycles. The molecule has 2 fully saturated rings. The number of aliphatic hydroxyl groups is 1. The zero-order valence-electron chi connectivity index (χ0n) is 12.9. The van der Waals surface area contributed by atoms with Crippen molar-refractivity contribution in [2.24, 2.45) is 11.8 Å². The second-order valence-corrected chi connectivity index (χ2v) is 6.95. The van der Waals surface area contributed by atoms with Crippen molar-refractivity contribution in [3.05, 3.63) is 0 Å². The first-order valence-corrected chi connectivity index (χ1v) is 8.48. The number of hydrogen-bond acceptors (Lipinski definition) is 2. The van der Waals surface area contributed by atoms with Crippen LogP contribution in [0.1, 0.15) is 78.1 Å². The van der Waals surface area contributed by atoms with Crippen molar-refractivity contribution >= 4 is 0 Å². The van der Waals surface area contributed by atoms with E-state index in [0.29, 0.717) is 5.92 Å². The minimum atomic E-state index is -0.252. The van der Waals surface area contributed by atoms with E-state index >= 15 is 0 Å². The standard InChI is InChI=1S/C17H32O2/c1-3-19-17(11-7-8-14(2)13-17)16(18)12-15-9-5-4-6-10-15/h14-16,18H,3-13H2,1-2H3. The molecule has 0 amide bonds. The third kappa shape index (κ3) is 3.95. The lowest BCUT2D eigenvalue weighted by molar-refractivity contribution is -0.153. The fraction of sp³-hybridized carbons (Fsp3) is 1.00. The van der Waals surface area contributed by atoms with E-state index in [0.717, 1.165) is 31.8 Å². The highest BCUT2D eigenvalue weighted by atomic mass is 16.5. The van der Waals surface area contributed by atoms with E-state index in [2.05, 4.69) is 13.8 Å². The van der Waals surface area contributed by atoms with Crippen LogP contribution < -0.4 is 0 Å². The minimum absolute atomic E-state index is 0.232. The fourth-order valence-corrected chi connectivity index (χ4v) is 4.31. The Kier molecular flexibility index (Phi) is 5.70. The van der Waals surface area contributed by atoms with Gasteiger partial charge in [-0.1, -0.05) is 51.9 Å². The van der Waals surface area contributed by atoms with Gasteiger partial charge in [0, 0.05) is 6.61 Å². The smallest absolute Gasteiger partial charge is 0.0942 e. The molecule has 0 saturated heterocycles. The van der Waals surface area contributed by atoms with Crippen LogP contribution in [0.5, 0.6) is 0 Å². The van der Waals surface area contributed by atoms with Gasteiger partial charge >= 0.3 is 0 Å². The summed E-state index contributed by atoms with van der Waals surface area (Å²) < 4.78 is 6.09. The van der Waals surface area contributed by atoms with Gasteiger partial charge < -0.3 is 9.84 Å². The van der Waals surface area contributed by atoms with E-state index < -0.39 is 0 Å². The van der Waals surface area contributed by atoms with Crippen molar-refractivity contribution in [3.63, 3.8) is 0 Å². The van der Waals surface area contributed by atoms with Gasteiger partial charge in [-0.2, -0.15) is 0 Å². The van der Waals surface area contributed by atoms with E-state index in [1.165, 1.54) is 44.9 Å². The van der Waals surface area contributed by atoms with Gasteiger partial charge in [-0.3, -0.25) is 0 Å². The van der Waals surface area contributed by atoms with E-state index in [4.69, 9.17) is 4.74 Å². The lowest BCUT2D eigenvalue weighted by Gasteiger charge is -2.44. The van der Waals surface area contributed by atoms with E-state index in [1.54, 1.807) is 0 Å². The molecular formula is C17H32O2. The van der Waals surface area contributed by atoms with Crippen LogP contribution in [0.4, 0.5) is 0 Å². The Morgan fingerprint density at radius 3 is 2.53 bits per heavy atom. The molecule has 2 nitrogen and oxygen atoms in total. The molecule has 3 atom stereocenters. The van der Waals surface area contributed by atoms with Crippen LogP contribution >= 0.6 is 0 Å². The van der Waals surface area contributed by atoms with E-state index in [1.807, 2.05) is 0 Å². The molecule has 112 valence electrons. The van der Waals surface area contributed by atoms with Gasteiger partial charge in [-0.25, -0.2) is 0 Å². The molecule has 2 heteroatoms. The second-order valence-electron chi connectivity index (χ2n) is 6.95. The van der Waals surface area contributed by atoms with Crippen LogP contribution in [0.2, 0.25) is 0 Å². The highest BCUT2D eigenvalue weighted by Gasteiger charge is 2.42. The third-order valence-corrected chi connectivity index (χ3v) is 5.31. The van der Waals surface area contributed by atoms with Gasteiger partial charge in [-0.15, -0.1) is 0 Å². The summed E-state index contributed by atoms with van der Waals surface area (Å²) in [6, 6.07) is 0. The van der Waals surface area contributed by atoms with Gasteiger partial charge in [0.1, 0.15) is 0 Å². The van der Waals surface area contributed by atoms with Crippen molar-refractivity contribution in [1.82, 2.24) is 0 Å². The maximum atomic E-state index is 10.8. The molecule has 0 aromatic rings. The average molecular weight is 268 g/mol. The summed E-state index contributed by atoms with van der Waals surface area (Å²) in [7, 11) is 0. The van der Waals surface area contributed by atoms with Crippen molar-refractivity contribution in [2.75, 3.05) is 6.61 Å². The predicted octanol–water partition coefficient (Wildman–Crippen LogP) is 4.30. The summed E-state index contributed by atoms with van der Waals surface area (Å²) in [4.78, 5) is 0. The van der Waals surface area contributed by atoms with Gasteiger partial charge in [-0.05, 0) is 38.0 Å². The summed E-state index contributed by atoms with van der Waals surface area (Å²) >= 11 is 0. The average Bonchev–Trinajstić information content (AvgIpc) is 2.40. The van der Waals surface area contributed by atoms with Gasteiger partial charge in [0.05, 0.1) is 11.7 Å². The van der Waals surface area contributed by atoms with Crippen molar-refractivity contribution < 1.29 is 9.84 Å². The van der Waals surface area contributed by atoms with E-state index in [-0.39, 0.29) is 11.7 Å². The molecule has 0 heterocycles. The highest BCUT2D eigenvalue weighted by Crippen LogP contribution is 2.41. The third-order valence-electron chi connectivity index (χ3n) is 5.31. The monoisotopic (exact) mass is 268 g/mol. The van der Waals surface area contributed by atoms with E-state index in [9.17, 15) is 5.11 Å². The first kappa shape index (κ1) is 15.3. The van der Waals surface area contributed by atoms with Crippen LogP contribution in [0.25, 0.3) is 0 Å². The van der Waals surface area contributed by atoms with Crippen LogP contribution in [0.3, 0.4) is 0 Å². The highest BCUT2D eigenvalue weighted by molar-refractivity contribution is 4.94. The molecule has 0 spiro atoms. The molecule has 19 heavy (non-hydrogen) atoms. The quantitative estimate of drug-likeness (QED) is 0.805. The van der Waals surface area contributed by atoms with Crippen molar-refractivity contribution in [1.29, 1.82) is 0 Å². The summed E-state index contributed by atoms with van der Waals surface area (Å²) in [5.74, 6) is 1.43. The Morgan fingerprint density at radius 1 is 1.16 bits per heavy atom. The largest absolute Gasteiger partial charge is 0.390 e. The normalized spacial score (nSPS) is 35.2. The number of hydrogen-bond donors (Lipinski definition) is 1. The number of rotatable bonds is 5. The van der Waals surface area contributed by atoms with Gasteiger partial charge in [0.2, 0.25) is 0 Å². The summed E-state index contributed by atoms with van der Waals surface area (Å²) in [6.45, 7) is 5.10. The maximum Gasteiger partial charge on any atom is 0.0942 e. The number of ether oxygens (including phenoxy) is 1. The summed E-state index contributed by atoms with van der Waals surface area (Å²) in [5, 5.41) is 10.8. The molecule has 0 radical (unpaired) electrons. The molecule has 1 N–H and O–H groups in total. The summed E-state index contributed by atoms with van der Waals surface area (Å²) in [6.07, 6.45) is 12.1. The zero-order valence-corrected chi connectivity index (χ0v) is 12.9. The molecule has 2 aliphatic rings. The number of aliphatic hydroxyl groups excluding tert-OH is 1. The Balaban J connectivity index is 1.96. The lowest BCUT2D eigenvalue weighted by atomic mass is 9.72. The molecule has 3 unspecified atom stereocenters. The fourth-order valence-electron chi connectivity index (χ4n) is 4.31. The van der Waals surface area contributed by atoms with Crippen molar-refractivity contribution in [3.8, 4) is 0 Å². The van der Waals surface area contributed by atoms with Gasteiger partial charge in [0.25, 0.3) is 0 Å². The topological polar surface area (TPSA) is 29.5 Å².